The molecule has 1 aromatic heterocycles. The fourth-order valence-corrected chi connectivity index (χ4v) is 7.06. The van der Waals surface area contributed by atoms with E-state index in [9.17, 15) is 23.1 Å². The van der Waals surface area contributed by atoms with Crippen LogP contribution >= 0.6 is 23.4 Å². The van der Waals surface area contributed by atoms with E-state index in [2.05, 4.69) is 10.3 Å². The molecule has 182 valence electrons. The Morgan fingerprint density at radius 3 is 2.40 bits per heavy atom. The van der Waals surface area contributed by atoms with Gasteiger partial charge in [-0.15, -0.1) is 11.8 Å². The molecule has 2 aromatic carbocycles. The first-order valence-electron chi connectivity index (χ1n) is 11.3. The number of benzene rings is 2. The van der Waals surface area contributed by atoms with Gasteiger partial charge in [0, 0.05) is 51.5 Å². The van der Waals surface area contributed by atoms with Crippen LogP contribution in [0, 0.1) is 29.3 Å². The number of nitrogens with zero attached hydrogens (tertiary/aromatic N) is 1. The van der Waals surface area contributed by atoms with Crippen LogP contribution in [0.3, 0.4) is 0 Å². The molecule has 2 fully saturated rings. The lowest BCUT2D eigenvalue weighted by molar-refractivity contribution is -0.0643. The molecule has 2 N–H and O–H groups in total. The molecular formula is C26H22ClF3N2O2S. The van der Waals surface area contributed by atoms with E-state index < -0.39 is 29.0 Å². The second-order valence-electron chi connectivity index (χ2n) is 9.10. The fourth-order valence-electron chi connectivity index (χ4n) is 5.41. The van der Waals surface area contributed by atoms with Crippen molar-refractivity contribution in [2.45, 2.75) is 41.4 Å². The quantitative estimate of drug-likeness (QED) is 0.375. The summed E-state index contributed by atoms with van der Waals surface area (Å²) in [5.41, 5.74) is 0.0550. The lowest BCUT2D eigenvalue weighted by Gasteiger charge is -2.42. The molecule has 9 heteroatoms. The summed E-state index contributed by atoms with van der Waals surface area (Å²) >= 11 is 8.00. The van der Waals surface area contributed by atoms with Gasteiger partial charge in [0.1, 0.15) is 0 Å². The summed E-state index contributed by atoms with van der Waals surface area (Å²) in [6.07, 6.45) is 6.92. The monoisotopic (exact) mass is 518 g/mol. The first kappa shape index (κ1) is 24.2. The smallest absolute Gasteiger partial charge is 0.255 e. The lowest BCUT2D eigenvalue weighted by Crippen LogP contribution is -2.43. The average Bonchev–Trinajstić information content (AvgIpc) is 3.01. The molecule has 4 atom stereocenters. The van der Waals surface area contributed by atoms with Crippen molar-refractivity contribution in [3.63, 3.8) is 0 Å². The Morgan fingerprint density at radius 1 is 1.09 bits per heavy atom. The first-order chi connectivity index (χ1) is 16.8. The van der Waals surface area contributed by atoms with Gasteiger partial charge in [0.05, 0.1) is 10.6 Å². The van der Waals surface area contributed by atoms with Crippen LogP contribution in [0.5, 0.6) is 0 Å². The standard InChI is InChI=1S/C26H22ClF3N2O2S/c27-20-6-3-14(25(33)32-18-11-21(28)24(30)22(29)12-18)8-23(20)35-19-9-15-4-5-16(10-19)26(15,34)17-2-1-7-31-13-17/h1-3,6-8,11-13,15-16,19,34H,4-5,9-10H2,(H,32,33)/t15-,16?,19-,26-/m0/s1. The Morgan fingerprint density at radius 2 is 1.77 bits per heavy atom. The minimum absolute atomic E-state index is 0.108. The summed E-state index contributed by atoms with van der Waals surface area (Å²) < 4.78 is 40.2. The summed E-state index contributed by atoms with van der Waals surface area (Å²) in [4.78, 5) is 17.6. The highest BCUT2D eigenvalue weighted by molar-refractivity contribution is 8.00. The Balaban J connectivity index is 1.31. The maximum atomic E-state index is 13.5. The third-order valence-electron chi connectivity index (χ3n) is 7.06. The molecular weight excluding hydrogens is 497 g/mol. The van der Waals surface area contributed by atoms with Crippen molar-refractivity contribution in [3.8, 4) is 0 Å². The predicted octanol–water partition coefficient (Wildman–Crippen LogP) is 6.57. The Kier molecular flexibility index (Phi) is 6.55. The summed E-state index contributed by atoms with van der Waals surface area (Å²) in [6, 6.07) is 9.99. The Hall–Kier alpha value is -2.55. The van der Waals surface area contributed by atoms with E-state index in [-0.39, 0.29) is 28.3 Å². The zero-order chi connectivity index (χ0) is 24.7. The van der Waals surface area contributed by atoms with Crippen LogP contribution in [0.2, 0.25) is 5.02 Å². The molecule has 1 amide bonds. The normalized spacial score (nSPS) is 25.5. The average molecular weight is 519 g/mol. The minimum Gasteiger partial charge on any atom is -0.385 e. The van der Waals surface area contributed by atoms with Gasteiger partial charge in [-0.25, -0.2) is 13.2 Å². The van der Waals surface area contributed by atoms with Gasteiger partial charge in [0.15, 0.2) is 17.5 Å². The summed E-state index contributed by atoms with van der Waals surface area (Å²) in [5.74, 6) is -4.74. The van der Waals surface area contributed by atoms with E-state index in [1.54, 1.807) is 36.3 Å². The number of hydrogen-bond donors (Lipinski definition) is 2. The number of aliphatic hydroxyl groups is 1. The number of hydrogen-bond acceptors (Lipinski definition) is 4. The molecule has 2 aliphatic carbocycles. The SMILES string of the molecule is O=C(Nc1cc(F)c(F)c(F)c1)c1ccc(Cl)c(S[C@@H]2CC3CC[C@@H](C2)[C@@]3(O)c2cccnc2)c1. The molecule has 2 saturated carbocycles. The third kappa shape index (κ3) is 4.55. The van der Waals surface area contributed by atoms with Crippen molar-refractivity contribution in [2.24, 2.45) is 11.8 Å². The zero-order valence-electron chi connectivity index (χ0n) is 18.5. The molecule has 2 aliphatic rings. The molecule has 4 nitrogen and oxygen atoms in total. The highest BCUT2D eigenvalue weighted by Crippen LogP contribution is 2.57. The van der Waals surface area contributed by atoms with Gasteiger partial charge in [-0.3, -0.25) is 9.78 Å². The highest BCUT2D eigenvalue weighted by atomic mass is 35.5. The number of carbonyl (C=O) groups excluding carboxylic acids is 1. The van der Waals surface area contributed by atoms with Gasteiger partial charge in [-0.2, -0.15) is 0 Å². The molecule has 0 radical (unpaired) electrons. The maximum Gasteiger partial charge on any atom is 0.255 e. The maximum absolute atomic E-state index is 13.5. The van der Waals surface area contributed by atoms with Gasteiger partial charge in [-0.05, 0) is 61.8 Å². The number of amides is 1. The van der Waals surface area contributed by atoms with Crippen LogP contribution < -0.4 is 5.32 Å². The molecule has 5 rings (SSSR count). The van der Waals surface area contributed by atoms with Crippen molar-refractivity contribution in [3.05, 3.63) is 88.5 Å². The molecule has 35 heavy (non-hydrogen) atoms. The first-order valence-corrected chi connectivity index (χ1v) is 12.6. The fraction of sp³-hybridized carbons (Fsp3) is 0.308. The molecule has 1 heterocycles. The number of fused-ring (bicyclic) bond motifs is 2. The Bertz CT molecular complexity index is 1240. The number of rotatable bonds is 5. The number of aromatic nitrogens is 1. The van der Waals surface area contributed by atoms with Crippen molar-refractivity contribution >= 4 is 35.0 Å². The number of thioether (sulfide) groups is 1. The van der Waals surface area contributed by atoms with Crippen molar-refractivity contribution in [2.75, 3.05) is 5.32 Å². The number of halogens is 4. The van der Waals surface area contributed by atoms with Crippen molar-refractivity contribution < 1.29 is 23.1 Å². The van der Waals surface area contributed by atoms with E-state index in [1.807, 2.05) is 12.1 Å². The van der Waals surface area contributed by atoms with E-state index in [4.69, 9.17) is 11.6 Å². The number of pyridine rings is 1. The van der Waals surface area contributed by atoms with Crippen molar-refractivity contribution in [1.82, 2.24) is 4.98 Å². The van der Waals surface area contributed by atoms with Crippen LogP contribution in [-0.4, -0.2) is 21.2 Å². The number of carbonyl (C=O) groups is 1. The van der Waals surface area contributed by atoms with Crippen LogP contribution in [0.15, 0.2) is 59.8 Å². The van der Waals surface area contributed by atoms with Gasteiger partial charge in [0.25, 0.3) is 5.91 Å². The number of nitrogens with one attached hydrogen (secondary N) is 1. The van der Waals surface area contributed by atoms with Crippen molar-refractivity contribution in [1.29, 1.82) is 0 Å². The van der Waals surface area contributed by atoms with Crippen LogP contribution in [0.4, 0.5) is 18.9 Å². The van der Waals surface area contributed by atoms with Crippen LogP contribution in [0.25, 0.3) is 0 Å². The van der Waals surface area contributed by atoms with Gasteiger partial charge in [-0.1, -0.05) is 17.7 Å². The van der Waals surface area contributed by atoms with Gasteiger partial charge >= 0.3 is 0 Å². The highest BCUT2D eigenvalue weighted by Gasteiger charge is 2.54. The largest absolute Gasteiger partial charge is 0.385 e. The number of anilines is 1. The van der Waals surface area contributed by atoms with Crippen LogP contribution in [0.1, 0.15) is 41.6 Å². The second kappa shape index (κ2) is 9.48. The molecule has 2 bridgehead atoms. The predicted molar refractivity (Wildman–Crippen MR) is 129 cm³/mol. The van der Waals surface area contributed by atoms with E-state index in [0.717, 1.165) is 43.4 Å². The van der Waals surface area contributed by atoms with Crippen LogP contribution in [-0.2, 0) is 5.60 Å². The summed E-state index contributed by atoms with van der Waals surface area (Å²) in [5, 5.41) is 14.7. The molecule has 0 aliphatic heterocycles. The van der Waals surface area contributed by atoms with E-state index in [1.165, 1.54) is 6.07 Å². The second-order valence-corrected chi connectivity index (χ2v) is 10.9. The molecule has 1 unspecified atom stereocenters. The van der Waals surface area contributed by atoms with E-state index >= 15 is 0 Å². The van der Waals surface area contributed by atoms with Gasteiger partial charge in [0.2, 0.25) is 0 Å². The summed E-state index contributed by atoms with van der Waals surface area (Å²) in [7, 11) is 0. The summed E-state index contributed by atoms with van der Waals surface area (Å²) in [6.45, 7) is 0. The third-order valence-corrected chi connectivity index (χ3v) is 8.81. The minimum atomic E-state index is -1.59. The van der Waals surface area contributed by atoms with Gasteiger partial charge < -0.3 is 10.4 Å². The lowest BCUT2D eigenvalue weighted by atomic mass is 9.71. The van der Waals surface area contributed by atoms with E-state index in [0.29, 0.717) is 9.92 Å². The molecule has 3 aromatic rings. The Labute approximate surface area is 209 Å². The zero-order valence-corrected chi connectivity index (χ0v) is 20.1. The molecule has 0 saturated heterocycles. The molecule has 0 spiro atoms. The topological polar surface area (TPSA) is 62.2 Å².